The lowest BCUT2D eigenvalue weighted by Crippen LogP contribution is -2.49. The summed E-state index contributed by atoms with van der Waals surface area (Å²) >= 11 is 6.31. The van der Waals surface area contributed by atoms with Gasteiger partial charge in [-0.15, -0.1) is 0 Å². The van der Waals surface area contributed by atoms with Crippen molar-refractivity contribution >= 4 is 23.4 Å². The van der Waals surface area contributed by atoms with E-state index in [0.29, 0.717) is 23.7 Å². The number of carboxylic acid groups (broad SMARTS) is 1. The van der Waals surface area contributed by atoms with Crippen LogP contribution in [0, 0.1) is 5.41 Å². The number of hydrogen-bond acceptors (Lipinski definition) is 4. The molecule has 2 heterocycles. The van der Waals surface area contributed by atoms with Gasteiger partial charge in [-0.1, -0.05) is 18.5 Å². The Kier molecular flexibility index (Phi) is 4.68. The van der Waals surface area contributed by atoms with E-state index in [1.54, 1.807) is 4.68 Å². The SMILES string of the molecule is CCc1nn(CC)c(CC2(C(=O)O)COCCC2=O)c1Cl. The minimum Gasteiger partial charge on any atom is -0.480 e. The maximum atomic E-state index is 12.2. The molecular formula is C14H19ClN2O4. The molecule has 6 nitrogen and oxygen atoms in total. The van der Waals surface area contributed by atoms with Crippen molar-refractivity contribution in [3.63, 3.8) is 0 Å². The molecule has 1 aromatic rings. The second kappa shape index (κ2) is 6.15. The zero-order valence-electron chi connectivity index (χ0n) is 12.2. The first-order chi connectivity index (χ1) is 9.96. The highest BCUT2D eigenvalue weighted by Crippen LogP contribution is 2.34. The summed E-state index contributed by atoms with van der Waals surface area (Å²) in [5.74, 6) is -1.47. The Morgan fingerprint density at radius 2 is 2.24 bits per heavy atom. The number of ketones is 1. The van der Waals surface area contributed by atoms with Crippen LogP contribution in [0.1, 0.15) is 31.7 Å². The predicted octanol–water partition coefficient (Wildman–Crippen LogP) is 1.72. The lowest BCUT2D eigenvalue weighted by Gasteiger charge is -2.31. The van der Waals surface area contributed by atoms with Crippen LogP contribution in [0.15, 0.2) is 0 Å². The van der Waals surface area contributed by atoms with E-state index in [2.05, 4.69) is 5.10 Å². The van der Waals surface area contributed by atoms with E-state index in [1.807, 2.05) is 13.8 Å². The van der Waals surface area contributed by atoms with E-state index in [1.165, 1.54) is 0 Å². The standard InChI is InChI=1S/C14H19ClN2O4/c1-3-9-12(15)10(17(4-2)16-9)7-14(13(19)20)8-21-6-5-11(14)18/h3-8H2,1-2H3,(H,19,20). The number of ether oxygens (including phenoxy) is 1. The second-order valence-electron chi connectivity index (χ2n) is 5.17. The molecule has 1 aromatic heterocycles. The summed E-state index contributed by atoms with van der Waals surface area (Å²) in [7, 11) is 0. The molecule has 0 spiro atoms. The van der Waals surface area contributed by atoms with Crippen LogP contribution >= 0.6 is 11.6 Å². The Labute approximate surface area is 128 Å². The molecule has 1 N–H and O–H groups in total. The third kappa shape index (κ3) is 2.70. The van der Waals surface area contributed by atoms with Crippen LogP contribution in [0.3, 0.4) is 0 Å². The number of Topliss-reactive ketones (excluding diaryl/α,β-unsaturated/α-hetero) is 1. The molecule has 0 aromatic carbocycles. The fraction of sp³-hybridized carbons (Fsp3) is 0.643. The van der Waals surface area contributed by atoms with Gasteiger partial charge in [0.25, 0.3) is 0 Å². The molecule has 0 aliphatic carbocycles. The van der Waals surface area contributed by atoms with Crippen LogP contribution in [0.5, 0.6) is 0 Å². The lowest BCUT2D eigenvalue weighted by molar-refractivity contribution is -0.164. The number of hydrogen-bond donors (Lipinski definition) is 1. The van der Waals surface area contributed by atoms with Crippen molar-refractivity contribution in [1.29, 1.82) is 0 Å². The zero-order chi connectivity index (χ0) is 15.6. The Bertz CT molecular complexity index is 570. The lowest BCUT2D eigenvalue weighted by atomic mass is 9.77. The highest BCUT2D eigenvalue weighted by atomic mass is 35.5. The van der Waals surface area contributed by atoms with Crippen molar-refractivity contribution in [2.45, 2.75) is 39.7 Å². The third-order valence-electron chi connectivity index (χ3n) is 3.93. The Balaban J connectivity index is 2.44. The largest absolute Gasteiger partial charge is 0.480 e. The Morgan fingerprint density at radius 1 is 1.52 bits per heavy atom. The quantitative estimate of drug-likeness (QED) is 0.837. The predicted molar refractivity (Wildman–Crippen MR) is 76.5 cm³/mol. The fourth-order valence-corrected chi connectivity index (χ4v) is 2.95. The van der Waals surface area contributed by atoms with Gasteiger partial charge in [0.2, 0.25) is 0 Å². The summed E-state index contributed by atoms with van der Waals surface area (Å²) in [4.78, 5) is 23.9. The molecule has 1 fully saturated rings. The first kappa shape index (κ1) is 16.0. The van der Waals surface area contributed by atoms with Crippen molar-refractivity contribution < 1.29 is 19.4 Å². The van der Waals surface area contributed by atoms with Gasteiger partial charge < -0.3 is 9.84 Å². The summed E-state index contributed by atoms with van der Waals surface area (Å²) < 4.78 is 6.94. The monoisotopic (exact) mass is 314 g/mol. The number of rotatable bonds is 5. The van der Waals surface area contributed by atoms with Gasteiger partial charge in [-0.05, 0) is 13.3 Å². The smallest absolute Gasteiger partial charge is 0.319 e. The number of carbonyl (C=O) groups is 2. The summed E-state index contributed by atoms with van der Waals surface area (Å²) in [5.41, 5.74) is -0.240. The molecule has 0 amide bonds. The molecule has 1 atom stereocenters. The third-order valence-corrected chi connectivity index (χ3v) is 4.36. The summed E-state index contributed by atoms with van der Waals surface area (Å²) in [6.07, 6.45) is 0.787. The first-order valence-corrected chi connectivity index (χ1v) is 7.42. The molecule has 21 heavy (non-hydrogen) atoms. The molecule has 1 saturated heterocycles. The van der Waals surface area contributed by atoms with Crippen molar-refractivity contribution in [1.82, 2.24) is 9.78 Å². The van der Waals surface area contributed by atoms with E-state index in [-0.39, 0.29) is 31.8 Å². The maximum Gasteiger partial charge on any atom is 0.319 e. The van der Waals surface area contributed by atoms with E-state index < -0.39 is 11.4 Å². The van der Waals surface area contributed by atoms with Gasteiger partial charge in [0.1, 0.15) is 0 Å². The van der Waals surface area contributed by atoms with Gasteiger partial charge >= 0.3 is 5.97 Å². The number of aromatic nitrogens is 2. The Morgan fingerprint density at radius 3 is 2.76 bits per heavy atom. The number of carbonyl (C=O) groups excluding carboxylic acids is 1. The molecular weight excluding hydrogens is 296 g/mol. The maximum absolute atomic E-state index is 12.2. The van der Waals surface area contributed by atoms with Crippen LogP contribution in [0.2, 0.25) is 5.02 Å². The van der Waals surface area contributed by atoms with Crippen LogP contribution in [0.25, 0.3) is 0 Å². The molecule has 0 saturated carbocycles. The minimum atomic E-state index is -1.56. The molecule has 1 aliphatic rings. The number of aryl methyl sites for hydroxylation is 2. The molecule has 0 radical (unpaired) electrons. The van der Waals surface area contributed by atoms with E-state index >= 15 is 0 Å². The molecule has 1 unspecified atom stereocenters. The average molecular weight is 315 g/mol. The average Bonchev–Trinajstić information content (AvgIpc) is 2.77. The number of carboxylic acids is 1. The fourth-order valence-electron chi connectivity index (χ4n) is 2.61. The molecule has 7 heteroatoms. The van der Waals surface area contributed by atoms with Crippen molar-refractivity contribution in [2.75, 3.05) is 13.2 Å². The highest BCUT2D eigenvalue weighted by molar-refractivity contribution is 6.32. The van der Waals surface area contributed by atoms with Crippen LogP contribution in [0.4, 0.5) is 0 Å². The summed E-state index contributed by atoms with van der Waals surface area (Å²) in [6, 6.07) is 0. The van der Waals surface area contributed by atoms with E-state index in [0.717, 1.165) is 5.69 Å². The van der Waals surface area contributed by atoms with Crippen LogP contribution in [-0.4, -0.2) is 39.9 Å². The molecule has 0 bridgehead atoms. The van der Waals surface area contributed by atoms with Crippen LogP contribution in [-0.2, 0) is 33.7 Å². The molecule has 1 aliphatic heterocycles. The number of nitrogens with zero attached hydrogens (tertiary/aromatic N) is 2. The number of aliphatic carboxylic acids is 1. The highest BCUT2D eigenvalue weighted by Gasteiger charge is 2.49. The Hall–Kier alpha value is -1.40. The van der Waals surface area contributed by atoms with Crippen molar-refractivity contribution in [2.24, 2.45) is 5.41 Å². The summed E-state index contributed by atoms with van der Waals surface area (Å²) in [5, 5.41) is 14.4. The topological polar surface area (TPSA) is 81.4 Å². The van der Waals surface area contributed by atoms with E-state index in [4.69, 9.17) is 16.3 Å². The molecule has 2 rings (SSSR count). The van der Waals surface area contributed by atoms with Gasteiger partial charge in [-0.3, -0.25) is 14.3 Å². The van der Waals surface area contributed by atoms with Gasteiger partial charge in [0.15, 0.2) is 11.2 Å². The summed E-state index contributed by atoms with van der Waals surface area (Å²) in [6.45, 7) is 4.56. The second-order valence-corrected chi connectivity index (χ2v) is 5.54. The molecule has 116 valence electrons. The zero-order valence-corrected chi connectivity index (χ0v) is 12.9. The first-order valence-electron chi connectivity index (χ1n) is 7.04. The van der Waals surface area contributed by atoms with Gasteiger partial charge in [0, 0.05) is 19.4 Å². The number of halogens is 1. The van der Waals surface area contributed by atoms with Crippen molar-refractivity contribution in [3.05, 3.63) is 16.4 Å². The van der Waals surface area contributed by atoms with Gasteiger partial charge in [-0.25, -0.2) is 0 Å². The van der Waals surface area contributed by atoms with Gasteiger partial charge in [-0.2, -0.15) is 5.10 Å². The van der Waals surface area contributed by atoms with E-state index in [9.17, 15) is 14.7 Å². The van der Waals surface area contributed by atoms with Crippen LogP contribution < -0.4 is 0 Å². The van der Waals surface area contributed by atoms with Gasteiger partial charge in [0.05, 0.1) is 29.6 Å². The normalized spacial score (nSPS) is 22.5. The minimum absolute atomic E-state index is 0.0147. The van der Waals surface area contributed by atoms with Crippen molar-refractivity contribution in [3.8, 4) is 0 Å².